The van der Waals surface area contributed by atoms with E-state index in [1.807, 2.05) is 12.3 Å². The van der Waals surface area contributed by atoms with E-state index in [4.69, 9.17) is 0 Å². The number of piperidine rings is 1. The SMILES string of the molecule is CSC(C)CC(=O)NC1CN(Cc2ccccc2)CCC1CO. The van der Waals surface area contributed by atoms with Gasteiger partial charge >= 0.3 is 0 Å². The van der Waals surface area contributed by atoms with Gasteiger partial charge in [0.05, 0.1) is 0 Å². The Kier molecular flexibility index (Phi) is 7.40. The fraction of sp³-hybridized carbons (Fsp3) is 0.611. The lowest BCUT2D eigenvalue weighted by Gasteiger charge is -2.38. The van der Waals surface area contributed by atoms with Gasteiger partial charge in [-0.15, -0.1) is 0 Å². The highest BCUT2D eigenvalue weighted by Gasteiger charge is 2.30. The first-order valence-electron chi connectivity index (χ1n) is 8.31. The van der Waals surface area contributed by atoms with Gasteiger partial charge in [0.2, 0.25) is 5.91 Å². The van der Waals surface area contributed by atoms with E-state index in [1.165, 1.54) is 5.56 Å². The van der Waals surface area contributed by atoms with Crippen LogP contribution < -0.4 is 5.32 Å². The first-order valence-corrected chi connectivity index (χ1v) is 9.60. The van der Waals surface area contributed by atoms with Crippen molar-refractivity contribution in [3.63, 3.8) is 0 Å². The largest absolute Gasteiger partial charge is 0.396 e. The van der Waals surface area contributed by atoms with Crippen LogP contribution in [0.15, 0.2) is 30.3 Å². The molecule has 1 aliphatic heterocycles. The standard InChI is InChI=1S/C18H28N2O2S/c1-14(23-2)10-18(22)19-17-12-20(9-8-16(17)13-21)11-15-6-4-3-5-7-15/h3-7,14,16-17,21H,8-13H2,1-2H3,(H,19,22). The van der Waals surface area contributed by atoms with E-state index in [1.54, 1.807) is 11.8 Å². The highest BCUT2D eigenvalue weighted by molar-refractivity contribution is 7.99. The Bertz CT molecular complexity index is 483. The monoisotopic (exact) mass is 336 g/mol. The number of thioether (sulfide) groups is 1. The average molecular weight is 337 g/mol. The van der Waals surface area contributed by atoms with Crippen LogP contribution in [0.3, 0.4) is 0 Å². The Morgan fingerprint density at radius 1 is 1.43 bits per heavy atom. The number of hydrogen-bond acceptors (Lipinski definition) is 4. The van der Waals surface area contributed by atoms with Crippen molar-refractivity contribution in [2.45, 2.75) is 37.6 Å². The second-order valence-electron chi connectivity index (χ2n) is 6.38. The van der Waals surface area contributed by atoms with Crippen LogP contribution in [0.25, 0.3) is 0 Å². The Balaban J connectivity index is 1.91. The molecule has 1 aliphatic rings. The van der Waals surface area contributed by atoms with Crippen molar-refractivity contribution < 1.29 is 9.90 Å². The molecule has 1 aromatic carbocycles. The molecule has 0 aliphatic carbocycles. The van der Waals surface area contributed by atoms with Gasteiger partial charge in [0.25, 0.3) is 0 Å². The summed E-state index contributed by atoms with van der Waals surface area (Å²) in [4.78, 5) is 14.5. The minimum Gasteiger partial charge on any atom is -0.396 e. The summed E-state index contributed by atoms with van der Waals surface area (Å²) in [6.07, 6.45) is 3.48. The van der Waals surface area contributed by atoms with Crippen LogP contribution in [0.2, 0.25) is 0 Å². The fourth-order valence-corrected chi connectivity index (χ4v) is 3.36. The fourth-order valence-electron chi connectivity index (χ4n) is 3.05. The summed E-state index contributed by atoms with van der Waals surface area (Å²) in [5.74, 6) is 0.257. The molecular weight excluding hydrogens is 308 g/mol. The Labute approximate surface area is 143 Å². The topological polar surface area (TPSA) is 52.6 Å². The molecule has 23 heavy (non-hydrogen) atoms. The van der Waals surface area contributed by atoms with Gasteiger partial charge in [0, 0.05) is 43.3 Å². The molecule has 2 rings (SSSR count). The molecule has 0 radical (unpaired) electrons. The zero-order valence-electron chi connectivity index (χ0n) is 14.1. The van der Waals surface area contributed by atoms with Gasteiger partial charge in [-0.25, -0.2) is 0 Å². The molecule has 1 aromatic rings. The van der Waals surface area contributed by atoms with E-state index < -0.39 is 0 Å². The van der Waals surface area contributed by atoms with E-state index in [0.29, 0.717) is 11.7 Å². The molecule has 1 fully saturated rings. The van der Waals surface area contributed by atoms with Crippen molar-refractivity contribution in [2.24, 2.45) is 5.92 Å². The molecule has 4 nitrogen and oxygen atoms in total. The van der Waals surface area contributed by atoms with Crippen molar-refractivity contribution in [3.8, 4) is 0 Å². The second kappa shape index (κ2) is 9.30. The van der Waals surface area contributed by atoms with Crippen molar-refractivity contribution >= 4 is 17.7 Å². The lowest BCUT2D eigenvalue weighted by molar-refractivity contribution is -0.122. The third-order valence-corrected chi connectivity index (χ3v) is 5.52. The summed E-state index contributed by atoms with van der Waals surface area (Å²) < 4.78 is 0. The van der Waals surface area contributed by atoms with Gasteiger partial charge in [-0.05, 0) is 24.8 Å². The first kappa shape index (κ1) is 18.3. The summed E-state index contributed by atoms with van der Waals surface area (Å²) in [5, 5.41) is 13.1. The molecule has 0 bridgehead atoms. The van der Waals surface area contributed by atoms with Crippen LogP contribution >= 0.6 is 11.8 Å². The lowest BCUT2D eigenvalue weighted by Crippen LogP contribution is -2.53. The van der Waals surface area contributed by atoms with Crippen molar-refractivity contribution in [3.05, 3.63) is 35.9 Å². The normalized spacial score (nSPS) is 23.4. The van der Waals surface area contributed by atoms with Gasteiger partial charge in [0.1, 0.15) is 0 Å². The van der Waals surface area contributed by atoms with Crippen molar-refractivity contribution in [2.75, 3.05) is 26.0 Å². The molecule has 3 atom stereocenters. The van der Waals surface area contributed by atoms with E-state index in [2.05, 4.69) is 41.4 Å². The maximum absolute atomic E-state index is 12.2. The summed E-state index contributed by atoms with van der Waals surface area (Å²) >= 11 is 1.70. The zero-order valence-corrected chi connectivity index (χ0v) is 14.9. The Morgan fingerprint density at radius 3 is 2.83 bits per heavy atom. The molecule has 2 N–H and O–H groups in total. The highest BCUT2D eigenvalue weighted by Crippen LogP contribution is 2.20. The van der Waals surface area contributed by atoms with Crippen LogP contribution in [0, 0.1) is 5.92 Å². The molecule has 0 spiro atoms. The number of rotatable bonds is 7. The van der Waals surface area contributed by atoms with Gasteiger partial charge < -0.3 is 10.4 Å². The Hall–Kier alpha value is -1.04. The summed E-state index contributed by atoms with van der Waals surface area (Å²) in [6, 6.07) is 10.4. The molecule has 0 saturated carbocycles. The number of likely N-dealkylation sites (tertiary alicyclic amines) is 1. The summed E-state index contributed by atoms with van der Waals surface area (Å²) in [6.45, 7) is 4.87. The van der Waals surface area contributed by atoms with Crippen molar-refractivity contribution in [1.29, 1.82) is 0 Å². The quantitative estimate of drug-likeness (QED) is 0.801. The number of benzene rings is 1. The molecule has 5 heteroatoms. The van der Waals surface area contributed by atoms with Gasteiger partial charge in [0.15, 0.2) is 0 Å². The van der Waals surface area contributed by atoms with E-state index in [-0.39, 0.29) is 24.5 Å². The highest BCUT2D eigenvalue weighted by atomic mass is 32.2. The average Bonchev–Trinajstić information content (AvgIpc) is 2.56. The minimum atomic E-state index is 0.0408. The maximum atomic E-state index is 12.2. The van der Waals surface area contributed by atoms with Crippen LogP contribution in [-0.2, 0) is 11.3 Å². The van der Waals surface area contributed by atoms with Crippen LogP contribution in [0.1, 0.15) is 25.3 Å². The molecule has 0 aromatic heterocycles. The minimum absolute atomic E-state index is 0.0408. The van der Waals surface area contributed by atoms with Crippen LogP contribution in [0.4, 0.5) is 0 Å². The molecule has 1 heterocycles. The van der Waals surface area contributed by atoms with Gasteiger partial charge in [-0.2, -0.15) is 11.8 Å². The first-order chi connectivity index (χ1) is 11.1. The number of hydrogen-bond donors (Lipinski definition) is 2. The second-order valence-corrected chi connectivity index (χ2v) is 7.65. The molecule has 1 saturated heterocycles. The number of nitrogens with one attached hydrogen (secondary N) is 1. The number of nitrogens with zero attached hydrogens (tertiary/aromatic N) is 1. The van der Waals surface area contributed by atoms with Gasteiger partial charge in [-0.1, -0.05) is 37.3 Å². The number of aliphatic hydroxyl groups is 1. The van der Waals surface area contributed by atoms with Crippen molar-refractivity contribution in [1.82, 2.24) is 10.2 Å². The molecule has 3 unspecified atom stereocenters. The van der Waals surface area contributed by atoms with E-state index in [0.717, 1.165) is 26.1 Å². The number of carbonyl (C=O) groups excluding carboxylic acids is 1. The third-order valence-electron chi connectivity index (χ3n) is 4.55. The van der Waals surface area contributed by atoms with E-state index in [9.17, 15) is 9.90 Å². The summed E-state index contributed by atoms with van der Waals surface area (Å²) in [5.41, 5.74) is 1.29. The smallest absolute Gasteiger partial charge is 0.221 e. The van der Waals surface area contributed by atoms with Gasteiger partial charge in [-0.3, -0.25) is 9.69 Å². The predicted molar refractivity (Wildman–Crippen MR) is 96.4 cm³/mol. The number of amides is 1. The molecular formula is C18H28N2O2S. The van der Waals surface area contributed by atoms with Crippen LogP contribution in [0.5, 0.6) is 0 Å². The van der Waals surface area contributed by atoms with Crippen LogP contribution in [-0.4, -0.2) is 53.2 Å². The summed E-state index contributed by atoms with van der Waals surface area (Å²) in [7, 11) is 0. The third kappa shape index (κ3) is 5.83. The lowest BCUT2D eigenvalue weighted by atomic mass is 9.91. The predicted octanol–water partition coefficient (Wildman–Crippen LogP) is 2.13. The number of carbonyl (C=O) groups is 1. The number of aliphatic hydroxyl groups excluding tert-OH is 1. The maximum Gasteiger partial charge on any atom is 0.221 e. The molecule has 128 valence electrons. The zero-order chi connectivity index (χ0) is 16.7. The Morgan fingerprint density at radius 2 is 2.17 bits per heavy atom. The molecule has 1 amide bonds. The van der Waals surface area contributed by atoms with E-state index >= 15 is 0 Å².